The first-order valence-corrected chi connectivity index (χ1v) is 5.55. The summed E-state index contributed by atoms with van der Waals surface area (Å²) >= 11 is 0. The largest absolute Gasteiger partial charge is 0.342 e. The average Bonchev–Trinajstić information content (AvgIpc) is 2.78. The molecule has 16 heavy (non-hydrogen) atoms. The number of rotatable bonds is 3. The predicted octanol–water partition coefficient (Wildman–Crippen LogP) is 2.66. The second kappa shape index (κ2) is 4.49. The fourth-order valence-corrected chi connectivity index (χ4v) is 1.62. The minimum Gasteiger partial charge on any atom is -0.342 e. The van der Waals surface area contributed by atoms with E-state index in [0.29, 0.717) is 12.5 Å². The molecule has 0 saturated carbocycles. The van der Waals surface area contributed by atoms with E-state index >= 15 is 0 Å². The third-order valence-electron chi connectivity index (χ3n) is 2.65. The van der Waals surface area contributed by atoms with Crippen LogP contribution in [0.5, 0.6) is 0 Å². The van der Waals surface area contributed by atoms with Crippen LogP contribution in [0.4, 0.5) is 0 Å². The van der Waals surface area contributed by atoms with Gasteiger partial charge in [-0.3, -0.25) is 0 Å². The number of imidazole rings is 1. The minimum atomic E-state index is 0.471. The summed E-state index contributed by atoms with van der Waals surface area (Å²) in [7, 11) is 0. The first-order valence-electron chi connectivity index (χ1n) is 5.55. The summed E-state index contributed by atoms with van der Waals surface area (Å²) in [6.07, 6.45) is 1.90. The van der Waals surface area contributed by atoms with Gasteiger partial charge in [0, 0.05) is 24.0 Å². The van der Waals surface area contributed by atoms with E-state index < -0.39 is 0 Å². The molecular formula is C13H17N3. The third-order valence-corrected chi connectivity index (χ3v) is 2.65. The molecule has 1 aromatic carbocycles. The first kappa shape index (κ1) is 10.9. The highest BCUT2D eigenvalue weighted by atomic mass is 14.9. The number of aromatic amines is 1. The fraction of sp³-hybridized carbons (Fsp3) is 0.308. The molecule has 0 atom stereocenters. The number of H-pyrrole nitrogens is 1. The minimum absolute atomic E-state index is 0.471. The van der Waals surface area contributed by atoms with E-state index in [9.17, 15) is 0 Å². The monoisotopic (exact) mass is 215 g/mol. The summed E-state index contributed by atoms with van der Waals surface area (Å²) in [5.74, 6) is 1.39. The highest BCUT2D eigenvalue weighted by Crippen LogP contribution is 2.20. The van der Waals surface area contributed by atoms with Crippen molar-refractivity contribution in [2.75, 3.05) is 0 Å². The van der Waals surface area contributed by atoms with Gasteiger partial charge in [0.15, 0.2) is 0 Å². The molecule has 2 rings (SSSR count). The smallest absolute Gasteiger partial charge is 0.137 e. The Morgan fingerprint density at radius 3 is 2.81 bits per heavy atom. The molecule has 0 saturated heterocycles. The molecule has 0 bridgehead atoms. The van der Waals surface area contributed by atoms with Gasteiger partial charge < -0.3 is 10.7 Å². The van der Waals surface area contributed by atoms with E-state index in [1.54, 1.807) is 0 Å². The van der Waals surface area contributed by atoms with Crippen LogP contribution in [0, 0.1) is 0 Å². The number of nitrogens with one attached hydrogen (secondary N) is 1. The number of aromatic nitrogens is 2. The maximum absolute atomic E-state index is 5.62. The van der Waals surface area contributed by atoms with Gasteiger partial charge in [0.2, 0.25) is 0 Å². The summed E-state index contributed by atoms with van der Waals surface area (Å²) < 4.78 is 0. The Morgan fingerprint density at radius 2 is 2.19 bits per heavy atom. The number of benzene rings is 1. The fourth-order valence-electron chi connectivity index (χ4n) is 1.62. The highest BCUT2D eigenvalue weighted by molar-refractivity contribution is 5.56. The lowest BCUT2D eigenvalue weighted by Crippen LogP contribution is -1.96. The Morgan fingerprint density at radius 1 is 1.38 bits per heavy atom. The SMILES string of the molecule is CC(C)c1cnc(-c2cccc(CN)c2)[nH]1. The predicted molar refractivity (Wildman–Crippen MR) is 66.0 cm³/mol. The zero-order valence-electron chi connectivity index (χ0n) is 9.70. The summed E-state index contributed by atoms with van der Waals surface area (Å²) in [5.41, 5.74) is 9.00. The van der Waals surface area contributed by atoms with E-state index in [2.05, 4.69) is 29.9 Å². The van der Waals surface area contributed by atoms with Crippen molar-refractivity contribution in [2.45, 2.75) is 26.3 Å². The van der Waals surface area contributed by atoms with Crippen molar-refractivity contribution in [3.05, 3.63) is 41.7 Å². The molecule has 0 fully saturated rings. The van der Waals surface area contributed by atoms with Crippen LogP contribution in [0.1, 0.15) is 31.0 Å². The Hall–Kier alpha value is -1.61. The quantitative estimate of drug-likeness (QED) is 0.827. The van der Waals surface area contributed by atoms with Crippen LogP contribution in [-0.2, 0) is 6.54 Å². The molecule has 1 heterocycles. The molecule has 0 unspecified atom stereocenters. The molecule has 0 amide bonds. The Labute approximate surface area is 95.7 Å². The normalized spacial score (nSPS) is 11.0. The number of hydrogen-bond donors (Lipinski definition) is 2. The summed E-state index contributed by atoms with van der Waals surface area (Å²) in [6.45, 7) is 4.85. The summed E-state index contributed by atoms with van der Waals surface area (Å²) in [4.78, 5) is 7.71. The van der Waals surface area contributed by atoms with Crippen molar-refractivity contribution < 1.29 is 0 Å². The van der Waals surface area contributed by atoms with Crippen LogP contribution in [0.25, 0.3) is 11.4 Å². The van der Waals surface area contributed by atoms with Gasteiger partial charge in [-0.1, -0.05) is 32.0 Å². The Balaban J connectivity index is 2.34. The van der Waals surface area contributed by atoms with Crippen molar-refractivity contribution in [2.24, 2.45) is 5.73 Å². The van der Waals surface area contributed by atoms with Crippen molar-refractivity contribution in [3.8, 4) is 11.4 Å². The molecule has 0 aliphatic heterocycles. The first-order chi connectivity index (χ1) is 7.70. The molecule has 3 N–H and O–H groups in total. The zero-order valence-corrected chi connectivity index (χ0v) is 9.70. The summed E-state index contributed by atoms with van der Waals surface area (Å²) in [6, 6.07) is 8.15. The molecule has 1 aromatic heterocycles. The van der Waals surface area contributed by atoms with E-state index in [-0.39, 0.29) is 0 Å². The van der Waals surface area contributed by atoms with Crippen LogP contribution < -0.4 is 5.73 Å². The maximum Gasteiger partial charge on any atom is 0.137 e. The Kier molecular flexibility index (Phi) is 3.06. The van der Waals surface area contributed by atoms with Crippen molar-refractivity contribution in [1.82, 2.24) is 9.97 Å². The van der Waals surface area contributed by atoms with Crippen LogP contribution in [0.2, 0.25) is 0 Å². The van der Waals surface area contributed by atoms with Crippen molar-refractivity contribution in [1.29, 1.82) is 0 Å². The van der Waals surface area contributed by atoms with E-state index in [0.717, 1.165) is 22.6 Å². The van der Waals surface area contributed by atoms with Gasteiger partial charge in [0.25, 0.3) is 0 Å². The zero-order chi connectivity index (χ0) is 11.5. The van der Waals surface area contributed by atoms with E-state index in [4.69, 9.17) is 5.73 Å². The van der Waals surface area contributed by atoms with Crippen LogP contribution in [0.15, 0.2) is 30.5 Å². The van der Waals surface area contributed by atoms with Gasteiger partial charge in [-0.15, -0.1) is 0 Å². The van der Waals surface area contributed by atoms with Crippen LogP contribution in [-0.4, -0.2) is 9.97 Å². The standard InChI is InChI=1S/C13H17N3/c1-9(2)12-8-15-13(16-12)11-5-3-4-10(6-11)7-14/h3-6,8-9H,7,14H2,1-2H3,(H,15,16). The van der Waals surface area contributed by atoms with Gasteiger partial charge in [0.1, 0.15) is 5.82 Å². The highest BCUT2D eigenvalue weighted by Gasteiger charge is 2.06. The van der Waals surface area contributed by atoms with Gasteiger partial charge in [-0.25, -0.2) is 4.98 Å². The van der Waals surface area contributed by atoms with Gasteiger partial charge in [-0.2, -0.15) is 0 Å². The van der Waals surface area contributed by atoms with Crippen molar-refractivity contribution in [3.63, 3.8) is 0 Å². The van der Waals surface area contributed by atoms with Gasteiger partial charge in [0.05, 0.1) is 0 Å². The topological polar surface area (TPSA) is 54.7 Å². The molecule has 0 aliphatic rings. The molecule has 3 nitrogen and oxygen atoms in total. The van der Waals surface area contributed by atoms with Gasteiger partial charge >= 0.3 is 0 Å². The molecular weight excluding hydrogens is 198 g/mol. The average molecular weight is 215 g/mol. The molecule has 0 aliphatic carbocycles. The van der Waals surface area contributed by atoms with Crippen LogP contribution >= 0.6 is 0 Å². The van der Waals surface area contributed by atoms with Crippen molar-refractivity contribution >= 4 is 0 Å². The Bertz CT molecular complexity index is 472. The van der Waals surface area contributed by atoms with E-state index in [1.807, 2.05) is 24.4 Å². The molecule has 3 heteroatoms. The lowest BCUT2D eigenvalue weighted by Gasteiger charge is -2.01. The maximum atomic E-state index is 5.62. The molecule has 0 spiro atoms. The second-order valence-electron chi connectivity index (χ2n) is 4.25. The second-order valence-corrected chi connectivity index (χ2v) is 4.25. The van der Waals surface area contributed by atoms with Crippen LogP contribution in [0.3, 0.4) is 0 Å². The molecule has 2 aromatic rings. The third kappa shape index (κ3) is 2.14. The number of nitrogens with zero attached hydrogens (tertiary/aromatic N) is 1. The number of nitrogens with two attached hydrogens (primary N) is 1. The van der Waals surface area contributed by atoms with Gasteiger partial charge in [-0.05, 0) is 17.5 Å². The van der Waals surface area contributed by atoms with E-state index in [1.165, 1.54) is 0 Å². The molecule has 0 radical (unpaired) electrons. The summed E-state index contributed by atoms with van der Waals surface area (Å²) in [5, 5.41) is 0. The molecule has 84 valence electrons. The lowest BCUT2D eigenvalue weighted by molar-refractivity contribution is 0.833. The number of hydrogen-bond acceptors (Lipinski definition) is 2. The lowest BCUT2D eigenvalue weighted by atomic mass is 10.1.